The van der Waals surface area contributed by atoms with Crippen molar-refractivity contribution >= 4 is 21.8 Å². The van der Waals surface area contributed by atoms with Crippen LogP contribution in [0, 0.1) is 0 Å². The van der Waals surface area contributed by atoms with E-state index in [4.69, 9.17) is 0 Å². The van der Waals surface area contributed by atoms with E-state index in [1.54, 1.807) is 6.07 Å². The lowest BCUT2D eigenvalue weighted by Crippen LogP contribution is -2.35. The Morgan fingerprint density at radius 1 is 1.67 bits per heavy atom. The van der Waals surface area contributed by atoms with Crippen LogP contribution in [0.5, 0.6) is 0 Å². The maximum atomic E-state index is 11.6. The van der Waals surface area contributed by atoms with Crippen LogP contribution in [0.3, 0.4) is 0 Å². The molecule has 1 rings (SSSR count). The van der Waals surface area contributed by atoms with E-state index >= 15 is 0 Å². The highest BCUT2D eigenvalue weighted by molar-refractivity contribution is 9.09. The molecule has 0 fully saturated rings. The molecule has 4 nitrogen and oxygen atoms in total. The van der Waals surface area contributed by atoms with E-state index in [1.165, 1.54) is 12.3 Å². The minimum absolute atomic E-state index is 0.0942. The van der Waals surface area contributed by atoms with Gasteiger partial charge in [0, 0.05) is 29.2 Å². The lowest BCUT2D eigenvalue weighted by molar-refractivity contribution is 0.0940. The molecular weight excluding hydrogens is 260 g/mol. The quantitative estimate of drug-likeness (QED) is 0.812. The molecule has 1 aromatic rings. The van der Waals surface area contributed by atoms with Crippen molar-refractivity contribution in [1.29, 1.82) is 0 Å². The van der Waals surface area contributed by atoms with Gasteiger partial charge in [-0.15, -0.1) is 0 Å². The number of alkyl halides is 1. The molecule has 0 aliphatic carbocycles. The third-order valence-electron chi connectivity index (χ3n) is 2.05. The van der Waals surface area contributed by atoms with Crippen molar-refractivity contribution in [2.24, 2.45) is 0 Å². The smallest absolute Gasteiger partial charge is 0.251 e. The van der Waals surface area contributed by atoms with Crippen molar-refractivity contribution in [3.63, 3.8) is 0 Å². The summed E-state index contributed by atoms with van der Waals surface area (Å²) >= 11 is 3.31. The average molecular weight is 273 g/mol. The molecule has 15 heavy (non-hydrogen) atoms. The summed E-state index contributed by atoms with van der Waals surface area (Å²) in [6.07, 6.45) is 2.31. The van der Waals surface area contributed by atoms with Crippen molar-refractivity contribution in [2.75, 3.05) is 5.33 Å². The number of H-pyrrole nitrogens is 1. The molecule has 0 aliphatic rings. The number of pyridine rings is 1. The first-order valence-electron chi connectivity index (χ1n) is 4.73. The Balaban J connectivity index is 2.73. The molecule has 1 aromatic heterocycles. The predicted molar refractivity (Wildman–Crippen MR) is 62.4 cm³/mol. The molecule has 0 aromatic carbocycles. The van der Waals surface area contributed by atoms with Crippen LogP contribution in [0.1, 0.15) is 23.7 Å². The molecule has 2 N–H and O–H groups in total. The number of hydrogen-bond acceptors (Lipinski definition) is 2. The highest BCUT2D eigenvalue weighted by Crippen LogP contribution is 1.99. The van der Waals surface area contributed by atoms with Gasteiger partial charge in [0.05, 0.1) is 0 Å². The van der Waals surface area contributed by atoms with Gasteiger partial charge in [0.25, 0.3) is 5.91 Å². The van der Waals surface area contributed by atoms with Crippen LogP contribution in [0.15, 0.2) is 23.1 Å². The van der Waals surface area contributed by atoms with Crippen molar-refractivity contribution < 1.29 is 4.79 Å². The Kier molecular flexibility index (Phi) is 4.55. The van der Waals surface area contributed by atoms with Crippen LogP contribution in [0.4, 0.5) is 0 Å². The van der Waals surface area contributed by atoms with Crippen LogP contribution in [0.25, 0.3) is 0 Å². The van der Waals surface area contributed by atoms with Crippen molar-refractivity contribution in [3.8, 4) is 0 Å². The number of amides is 1. The summed E-state index contributed by atoms with van der Waals surface area (Å²) in [6, 6.07) is 2.96. The van der Waals surface area contributed by atoms with E-state index in [1.807, 2.05) is 6.92 Å². The van der Waals surface area contributed by atoms with E-state index in [9.17, 15) is 9.59 Å². The first-order chi connectivity index (χ1) is 7.17. The van der Waals surface area contributed by atoms with Gasteiger partial charge >= 0.3 is 0 Å². The molecular formula is C10H13BrN2O2. The molecule has 0 aliphatic heterocycles. The summed E-state index contributed by atoms with van der Waals surface area (Å²) in [4.78, 5) is 25.1. The van der Waals surface area contributed by atoms with Crippen LogP contribution < -0.4 is 10.9 Å². The van der Waals surface area contributed by atoms with E-state index in [0.717, 1.165) is 6.42 Å². The summed E-state index contributed by atoms with van der Waals surface area (Å²) in [5.74, 6) is -0.215. The largest absolute Gasteiger partial charge is 0.348 e. The molecule has 1 unspecified atom stereocenters. The predicted octanol–water partition coefficient (Wildman–Crippen LogP) is 1.28. The van der Waals surface area contributed by atoms with Crippen molar-refractivity contribution in [1.82, 2.24) is 10.3 Å². The van der Waals surface area contributed by atoms with Gasteiger partial charge in [0.15, 0.2) is 0 Å². The second-order valence-corrected chi connectivity index (χ2v) is 3.82. The summed E-state index contributed by atoms with van der Waals surface area (Å²) < 4.78 is 0. The normalized spacial score (nSPS) is 12.1. The van der Waals surface area contributed by atoms with Crippen LogP contribution >= 0.6 is 15.9 Å². The number of rotatable bonds is 4. The Morgan fingerprint density at radius 3 is 2.93 bits per heavy atom. The van der Waals surface area contributed by atoms with Crippen molar-refractivity contribution in [3.05, 3.63) is 34.2 Å². The van der Waals surface area contributed by atoms with E-state index < -0.39 is 0 Å². The van der Waals surface area contributed by atoms with Crippen LogP contribution in [-0.2, 0) is 0 Å². The van der Waals surface area contributed by atoms with E-state index in [2.05, 4.69) is 26.2 Å². The molecule has 1 atom stereocenters. The number of aromatic amines is 1. The number of carbonyl (C=O) groups is 1. The summed E-state index contributed by atoms with van der Waals surface area (Å²) in [5.41, 5.74) is 0.118. The van der Waals surface area contributed by atoms with Gasteiger partial charge in [-0.1, -0.05) is 22.9 Å². The number of hydrogen-bond donors (Lipinski definition) is 2. The lowest BCUT2D eigenvalue weighted by atomic mass is 10.2. The fourth-order valence-electron chi connectivity index (χ4n) is 1.10. The Hall–Kier alpha value is -1.10. The first kappa shape index (κ1) is 12.0. The lowest BCUT2D eigenvalue weighted by Gasteiger charge is -2.13. The third kappa shape index (κ3) is 3.51. The molecule has 0 saturated carbocycles. The molecule has 0 radical (unpaired) electrons. The topological polar surface area (TPSA) is 62.0 Å². The van der Waals surface area contributed by atoms with Gasteiger partial charge in [-0.2, -0.15) is 0 Å². The maximum absolute atomic E-state index is 11.6. The zero-order valence-corrected chi connectivity index (χ0v) is 10.0. The Morgan fingerprint density at radius 2 is 2.40 bits per heavy atom. The van der Waals surface area contributed by atoms with Gasteiger partial charge in [0.2, 0.25) is 5.56 Å². The second kappa shape index (κ2) is 5.70. The molecule has 0 saturated heterocycles. The van der Waals surface area contributed by atoms with E-state index in [0.29, 0.717) is 10.9 Å². The van der Waals surface area contributed by atoms with Gasteiger partial charge < -0.3 is 10.3 Å². The van der Waals surface area contributed by atoms with Gasteiger partial charge in [0.1, 0.15) is 0 Å². The highest BCUT2D eigenvalue weighted by atomic mass is 79.9. The molecule has 0 bridgehead atoms. The summed E-state index contributed by atoms with van der Waals surface area (Å²) in [5, 5.41) is 3.53. The fraction of sp³-hybridized carbons (Fsp3) is 0.400. The Bertz CT molecular complexity index is 385. The molecule has 0 spiro atoms. The minimum Gasteiger partial charge on any atom is -0.348 e. The van der Waals surface area contributed by atoms with Crippen LogP contribution in [-0.4, -0.2) is 22.3 Å². The van der Waals surface area contributed by atoms with Gasteiger partial charge in [-0.25, -0.2) is 0 Å². The standard InChI is InChI=1S/C10H13BrN2O2/c1-2-8(6-11)13-10(15)7-3-4-12-9(14)5-7/h3-5,8H,2,6H2,1H3,(H,12,14)(H,13,15). The third-order valence-corrected chi connectivity index (χ3v) is 2.83. The molecule has 82 valence electrons. The minimum atomic E-state index is -0.269. The number of nitrogens with one attached hydrogen (secondary N) is 2. The fourth-order valence-corrected chi connectivity index (χ4v) is 1.72. The maximum Gasteiger partial charge on any atom is 0.251 e. The zero-order valence-electron chi connectivity index (χ0n) is 8.42. The van der Waals surface area contributed by atoms with Gasteiger partial charge in [-0.3, -0.25) is 9.59 Å². The van der Waals surface area contributed by atoms with Gasteiger partial charge in [-0.05, 0) is 12.5 Å². The van der Waals surface area contributed by atoms with Crippen LogP contribution in [0.2, 0.25) is 0 Å². The number of halogens is 1. The summed E-state index contributed by atoms with van der Waals surface area (Å²) in [7, 11) is 0. The Labute approximate surface area is 96.2 Å². The highest BCUT2D eigenvalue weighted by Gasteiger charge is 2.10. The molecule has 1 amide bonds. The monoisotopic (exact) mass is 272 g/mol. The second-order valence-electron chi connectivity index (χ2n) is 3.17. The average Bonchev–Trinajstić information content (AvgIpc) is 2.25. The number of aromatic nitrogens is 1. The first-order valence-corrected chi connectivity index (χ1v) is 5.85. The summed E-state index contributed by atoms with van der Waals surface area (Å²) in [6.45, 7) is 1.99. The molecule has 5 heteroatoms. The zero-order chi connectivity index (χ0) is 11.3. The van der Waals surface area contributed by atoms with Crippen molar-refractivity contribution in [2.45, 2.75) is 19.4 Å². The van der Waals surface area contributed by atoms with E-state index in [-0.39, 0.29) is 17.5 Å². The number of carbonyl (C=O) groups excluding carboxylic acids is 1. The SMILES string of the molecule is CCC(CBr)NC(=O)c1cc[nH]c(=O)c1. The molecule has 1 heterocycles.